The molecular weight excluding hydrogens is 380 g/mol. The van der Waals surface area contributed by atoms with Crippen molar-refractivity contribution in [2.24, 2.45) is 5.92 Å². The fourth-order valence-corrected chi connectivity index (χ4v) is 6.27. The summed E-state index contributed by atoms with van der Waals surface area (Å²) >= 11 is 1.10. The molecule has 0 amide bonds. The van der Waals surface area contributed by atoms with Crippen LogP contribution in [0.3, 0.4) is 0 Å². The van der Waals surface area contributed by atoms with E-state index < -0.39 is 10.0 Å². The van der Waals surface area contributed by atoms with Crippen molar-refractivity contribution >= 4 is 31.6 Å². The van der Waals surface area contributed by atoms with Crippen molar-refractivity contribution in [1.82, 2.24) is 8.87 Å². The number of aromatic nitrogens is 1. The van der Waals surface area contributed by atoms with Crippen molar-refractivity contribution in [3.05, 3.63) is 63.8 Å². The van der Waals surface area contributed by atoms with Gasteiger partial charge in [-0.15, -0.1) is 0 Å². The Labute approximate surface area is 162 Å². The molecule has 7 heteroatoms. The van der Waals surface area contributed by atoms with Crippen molar-refractivity contribution < 1.29 is 8.42 Å². The van der Waals surface area contributed by atoms with Gasteiger partial charge in [0.2, 0.25) is 10.0 Å². The van der Waals surface area contributed by atoms with E-state index in [-0.39, 0.29) is 9.77 Å². The van der Waals surface area contributed by atoms with E-state index in [4.69, 9.17) is 0 Å². The van der Waals surface area contributed by atoms with Crippen LogP contribution in [0.5, 0.6) is 0 Å². The lowest BCUT2D eigenvalue weighted by molar-refractivity contribution is 0.281. The zero-order valence-corrected chi connectivity index (χ0v) is 16.8. The number of benzene rings is 2. The molecule has 0 N–H and O–H groups in total. The molecule has 0 aliphatic carbocycles. The van der Waals surface area contributed by atoms with Gasteiger partial charge in [0.15, 0.2) is 0 Å². The third-order valence-corrected chi connectivity index (χ3v) is 7.88. The number of nitrogens with zero attached hydrogens (tertiary/aromatic N) is 2. The molecule has 1 atom stereocenters. The molecule has 1 aliphatic heterocycles. The van der Waals surface area contributed by atoms with Gasteiger partial charge in [-0.05, 0) is 42.5 Å². The third-order valence-electron chi connectivity index (χ3n) is 5.08. The van der Waals surface area contributed by atoms with Crippen LogP contribution in [0.1, 0.15) is 25.3 Å². The van der Waals surface area contributed by atoms with Gasteiger partial charge in [-0.2, -0.15) is 4.31 Å². The normalized spacial score (nSPS) is 18.8. The molecule has 27 heavy (non-hydrogen) atoms. The van der Waals surface area contributed by atoms with E-state index in [0.717, 1.165) is 35.3 Å². The van der Waals surface area contributed by atoms with E-state index >= 15 is 0 Å². The monoisotopic (exact) mass is 402 g/mol. The smallest absolute Gasteiger partial charge is 0.294 e. The molecule has 142 valence electrons. The Morgan fingerprint density at radius 2 is 1.93 bits per heavy atom. The van der Waals surface area contributed by atoms with E-state index in [2.05, 4.69) is 6.92 Å². The summed E-state index contributed by atoms with van der Waals surface area (Å²) in [4.78, 5) is 12.7. The second-order valence-electron chi connectivity index (χ2n) is 7.18. The Morgan fingerprint density at radius 3 is 2.67 bits per heavy atom. The molecule has 0 unspecified atom stereocenters. The van der Waals surface area contributed by atoms with Gasteiger partial charge in [-0.25, -0.2) is 8.42 Å². The summed E-state index contributed by atoms with van der Waals surface area (Å²) in [5, 5.41) is 0. The summed E-state index contributed by atoms with van der Waals surface area (Å²) in [6.07, 6.45) is 1.96. The quantitative estimate of drug-likeness (QED) is 0.671. The van der Waals surface area contributed by atoms with Gasteiger partial charge in [0.05, 0.1) is 21.7 Å². The zero-order chi connectivity index (χ0) is 19.0. The van der Waals surface area contributed by atoms with Crippen molar-refractivity contribution in [1.29, 1.82) is 0 Å². The van der Waals surface area contributed by atoms with E-state index in [0.29, 0.717) is 30.3 Å². The molecule has 0 spiro atoms. The Balaban J connectivity index is 1.70. The van der Waals surface area contributed by atoms with Crippen LogP contribution in [0, 0.1) is 5.92 Å². The molecule has 0 saturated carbocycles. The number of rotatable bonds is 4. The summed E-state index contributed by atoms with van der Waals surface area (Å²) in [5.74, 6) is 0.375. The fraction of sp³-hybridized carbons (Fsp3) is 0.350. The predicted molar refractivity (Wildman–Crippen MR) is 109 cm³/mol. The molecule has 0 bridgehead atoms. The number of piperidine rings is 1. The van der Waals surface area contributed by atoms with Gasteiger partial charge in [0.25, 0.3) is 0 Å². The maximum Gasteiger partial charge on any atom is 0.308 e. The first-order valence-electron chi connectivity index (χ1n) is 9.12. The largest absolute Gasteiger partial charge is 0.308 e. The SMILES string of the molecule is C[C@H]1CCCN(S(=O)(=O)c2ccc3c(c2)sc(=O)n3Cc2ccccc2)C1. The van der Waals surface area contributed by atoms with E-state index in [9.17, 15) is 13.2 Å². The zero-order valence-electron chi connectivity index (χ0n) is 15.2. The van der Waals surface area contributed by atoms with Gasteiger partial charge >= 0.3 is 4.87 Å². The number of fused-ring (bicyclic) bond motifs is 1. The Morgan fingerprint density at radius 1 is 1.15 bits per heavy atom. The minimum Gasteiger partial charge on any atom is -0.294 e. The number of hydrogen-bond donors (Lipinski definition) is 0. The van der Waals surface area contributed by atoms with Crippen LogP contribution in [-0.2, 0) is 16.6 Å². The van der Waals surface area contributed by atoms with Crippen molar-refractivity contribution in [3.63, 3.8) is 0 Å². The van der Waals surface area contributed by atoms with Crippen LogP contribution in [-0.4, -0.2) is 30.4 Å². The first-order chi connectivity index (χ1) is 12.9. The Hall–Kier alpha value is -1.96. The molecule has 1 saturated heterocycles. The van der Waals surface area contributed by atoms with Crippen LogP contribution in [0.2, 0.25) is 0 Å². The van der Waals surface area contributed by atoms with Gasteiger partial charge in [0, 0.05) is 13.1 Å². The van der Waals surface area contributed by atoms with Gasteiger partial charge in [-0.1, -0.05) is 48.6 Å². The number of thiazole rings is 1. The van der Waals surface area contributed by atoms with Gasteiger partial charge in [-0.3, -0.25) is 9.36 Å². The molecule has 5 nitrogen and oxygen atoms in total. The highest BCUT2D eigenvalue weighted by Crippen LogP contribution is 2.27. The molecule has 0 radical (unpaired) electrons. The molecule has 1 aliphatic rings. The van der Waals surface area contributed by atoms with E-state index in [1.807, 2.05) is 30.3 Å². The molecule has 4 rings (SSSR count). The predicted octanol–water partition coefficient (Wildman–Crippen LogP) is 3.53. The molecule has 3 aromatic rings. The van der Waals surface area contributed by atoms with E-state index in [1.165, 1.54) is 0 Å². The van der Waals surface area contributed by atoms with Crippen LogP contribution < -0.4 is 4.87 Å². The second kappa shape index (κ2) is 7.22. The summed E-state index contributed by atoms with van der Waals surface area (Å²) in [6, 6.07) is 14.8. The lowest BCUT2D eigenvalue weighted by Gasteiger charge is -2.30. The van der Waals surface area contributed by atoms with Gasteiger partial charge in [0.1, 0.15) is 0 Å². The van der Waals surface area contributed by atoms with Crippen LogP contribution in [0.4, 0.5) is 0 Å². The van der Waals surface area contributed by atoms with Gasteiger partial charge < -0.3 is 0 Å². The molecule has 1 fully saturated rings. The molecule has 2 heterocycles. The topological polar surface area (TPSA) is 59.4 Å². The summed E-state index contributed by atoms with van der Waals surface area (Å²) in [6.45, 7) is 3.69. The average molecular weight is 403 g/mol. The Bertz CT molecular complexity index is 1120. The maximum atomic E-state index is 13.0. The molecular formula is C20H22N2O3S2. The van der Waals surface area contributed by atoms with Crippen LogP contribution in [0.15, 0.2) is 58.2 Å². The highest BCUT2D eigenvalue weighted by Gasteiger charge is 2.29. The van der Waals surface area contributed by atoms with Crippen molar-refractivity contribution in [2.75, 3.05) is 13.1 Å². The lowest BCUT2D eigenvalue weighted by Crippen LogP contribution is -2.39. The standard InChI is InChI=1S/C20H22N2O3S2/c1-15-6-5-11-21(13-15)27(24,25)17-9-10-18-19(12-17)26-20(23)22(18)14-16-7-3-2-4-8-16/h2-4,7-10,12,15H,5-6,11,13-14H2,1H3/t15-/m0/s1. The number of hydrogen-bond acceptors (Lipinski definition) is 4. The summed E-state index contributed by atoms with van der Waals surface area (Å²) in [7, 11) is -3.52. The first-order valence-corrected chi connectivity index (χ1v) is 11.4. The van der Waals surface area contributed by atoms with E-state index in [1.54, 1.807) is 27.1 Å². The number of sulfonamides is 1. The second-order valence-corrected chi connectivity index (χ2v) is 10.1. The summed E-state index contributed by atoms with van der Waals surface area (Å²) in [5.41, 5.74) is 1.82. The highest BCUT2D eigenvalue weighted by molar-refractivity contribution is 7.89. The van der Waals surface area contributed by atoms with Crippen molar-refractivity contribution in [3.8, 4) is 0 Å². The highest BCUT2D eigenvalue weighted by atomic mass is 32.2. The fourth-order valence-electron chi connectivity index (χ4n) is 3.64. The molecule has 1 aromatic heterocycles. The average Bonchev–Trinajstić information content (AvgIpc) is 2.97. The van der Waals surface area contributed by atoms with Crippen LogP contribution >= 0.6 is 11.3 Å². The minimum atomic E-state index is -3.52. The van der Waals surface area contributed by atoms with Crippen LogP contribution in [0.25, 0.3) is 10.2 Å². The first kappa shape index (κ1) is 18.4. The Kier molecular flexibility index (Phi) is 4.92. The third kappa shape index (κ3) is 3.59. The minimum absolute atomic E-state index is 0.0741. The lowest BCUT2D eigenvalue weighted by atomic mass is 10.0. The van der Waals surface area contributed by atoms with Crippen molar-refractivity contribution in [2.45, 2.75) is 31.2 Å². The molecule has 2 aromatic carbocycles. The maximum absolute atomic E-state index is 13.0. The summed E-state index contributed by atoms with van der Waals surface area (Å²) < 4.78 is 30.0.